The summed E-state index contributed by atoms with van der Waals surface area (Å²) in [6.45, 7) is 2.94. The van der Waals surface area contributed by atoms with Gasteiger partial charge in [0.1, 0.15) is 11.8 Å². The average Bonchev–Trinajstić information content (AvgIpc) is 3.09. The minimum atomic E-state index is -0.715. The van der Waals surface area contributed by atoms with Crippen LogP contribution in [0.25, 0.3) is 0 Å². The summed E-state index contributed by atoms with van der Waals surface area (Å²) in [4.78, 5) is 29.8. The van der Waals surface area contributed by atoms with Gasteiger partial charge in [0.05, 0.1) is 18.7 Å². The summed E-state index contributed by atoms with van der Waals surface area (Å²) < 4.78 is 5.45. The van der Waals surface area contributed by atoms with Gasteiger partial charge in [0, 0.05) is 17.3 Å². The van der Waals surface area contributed by atoms with Gasteiger partial charge >= 0.3 is 0 Å². The standard InChI is InChI=1S/C27H26ClN3O3S/c1-2-34-22-14-12-20(13-15-22)29-25(32)18-24-26(33)31(21-9-4-3-5-10-21)27(35)30(24)17-16-19-8-6-7-11-23(19)28/h3-15,24H,2,16-18H2,1H3,(H,29,32). The van der Waals surface area contributed by atoms with Crippen molar-refractivity contribution < 1.29 is 14.3 Å². The van der Waals surface area contributed by atoms with Crippen LogP contribution in [-0.4, -0.2) is 41.0 Å². The van der Waals surface area contributed by atoms with Crippen LogP contribution in [0.5, 0.6) is 5.75 Å². The molecule has 35 heavy (non-hydrogen) atoms. The molecule has 0 bridgehead atoms. The Kier molecular flexibility index (Phi) is 8.00. The van der Waals surface area contributed by atoms with E-state index < -0.39 is 6.04 Å². The number of halogens is 1. The molecular formula is C27H26ClN3O3S. The van der Waals surface area contributed by atoms with Crippen molar-refractivity contribution >= 4 is 52.1 Å². The van der Waals surface area contributed by atoms with E-state index in [1.54, 1.807) is 24.3 Å². The number of nitrogens with zero attached hydrogens (tertiary/aromatic N) is 2. The highest BCUT2D eigenvalue weighted by atomic mass is 35.5. The average molecular weight is 508 g/mol. The predicted molar refractivity (Wildman–Crippen MR) is 143 cm³/mol. The SMILES string of the molecule is CCOc1ccc(NC(=O)CC2C(=O)N(c3ccccc3)C(=S)N2CCc2ccccc2Cl)cc1. The Labute approximate surface area is 215 Å². The summed E-state index contributed by atoms with van der Waals surface area (Å²) in [5.74, 6) is 0.237. The lowest BCUT2D eigenvalue weighted by atomic mass is 10.1. The van der Waals surface area contributed by atoms with Crippen LogP contribution in [0.1, 0.15) is 18.9 Å². The molecule has 1 N–H and O–H groups in total. The molecule has 0 radical (unpaired) electrons. The van der Waals surface area contributed by atoms with E-state index in [2.05, 4.69) is 5.32 Å². The molecule has 2 amide bonds. The lowest BCUT2D eigenvalue weighted by Gasteiger charge is -2.24. The van der Waals surface area contributed by atoms with E-state index in [1.165, 1.54) is 4.90 Å². The number of ether oxygens (including phenoxy) is 1. The summed E-state index contributed by atoms with van der Waals surface area (Å²) in [5.41, 5.74) is 2.27. The zero-order chi connectivity index (χ0) is 24.8. The summed E-state index contributed by atoms with van der Waals surface area (Å²) in [6.07, 6.45) is 0.560. The fourth-order valence-corrected chi connectivity index (χ4v) is 4.68. The Morgan fingerprint density at radius 1 is 1.03 bits per heavy atom. The lowest BCUT2D eigenvalue weighted by molar-refractivity contribution is -0.124. The van der Waals surface area contributed by atoms with Crippen molar-refractivity contribution in [3.05, 3.63) is 89.4 Å². The Hall–Kier alpha value is -3.42. The molecule has 1 aliphatic rings. The van der Waals surface area contributed by atoms with Gasteiger partial charge in [0.25, 0.3) is 5.91 Å². The molecule has 3 aromatic carbocycles. The van der Waals surface area contributed by atoms with Crippen LogP contribution in [0.4, 0.5) is 11.4 Å². The molecule has 3 aromatic rings. The van der Waals surface area contributed by atoms with Crippen LogP contribution < -0.4 is 15.0 Å². The van der Waals surface area contributed by atoms with E-state index >= 15 is 0 Å². The van der Waals surface area contributed by atoms with Crippen molar-refractivity contribution in [3.63, 3.8) is 0 Å². The summed E-state index contributed by atoms with van der Waals surface area (Å²) in [7, 11) is 0. The summed E-state index contributed by atoms with van der Waals surface area (Å²) in [6, 6.07) is 23.3. The smallest absolute Gasteiger partial charge is 0.256 e. The lowest BCUT2D eigenvalue weighted by Crippen LogP contribution is -2.39. The zero-order valence-electron chi connectivity index (χ0n) is 19.3. The van der Waals surface area contributed by atoms with E-state index in [0.717, 1.165) is 11.3 Å². The van der Waals surface area contributed by atoms with Gasteiger partial charge in [0.15, 0.2) is 5.11 Å². The third-order valence-electron chi connectivity index (χ3n) is 5.74. The van der Waals surface area contributed by atoms with Gasteiger partial charge in [-0.2, -0.15) is 0 Å². The van der Waals surface area contributed by atoms with Crippen LogP contribution in [0.2, 0.25) is 5.02 Å². The number of hydrogen-bond donors (Lipinski definition) is 1. The number of amides is 2. The number of hydrogen-bond acceptors (Lipinski definition) is 4. The first kappa shape index (κ1) is 24.7. The maximum Gasteiger partial charge on any atom is 0.256 e. The summed E-state index contributed by atoms with van der Waals surface area (Å²) in [5, 5.41) is 3.92. The first-order valence-electron chi connectivity index (χ1n) is 11.4. The van der Waals surface area contributed by atoms with Gasteiger partial charge in [-0.15, -0.1) is 0 Å². The maximum atomic E-state index is 13.5. The van der Waals surface area contributed by atoms with Crippen LogP contribution in [0.3, 0.4) is 0 Å². The Balaban J connectivity index is 1.52. The molecule has 0 aliphatic carbocycles. The van der Waals surface area contributed by atoms with Crippen LogP contribution >= 0.6 is 23.8 Å². The number of nitrogens with one attached hydrogen (secondary N) is 1. The number of para-hydroxylation sites is 1. The normalized spacial score (nSPS) is 15.4. The van der Waals surface area contributed by atoms with E-state index in [9.17, 15) is 9.59 Å². The molecule has 4 rings (SSSR count). The van der Waals surface area contributed by atoms with Gasteiger partial charge in [-0.05, 0) is 73.6 Å². The number of thiocarbonyl (C=S) groups is 1. The van der Waals surface area contributed by atoms with Crippen LogP contribution in [0.15, 0.2) is 78.9 Å². The molecular weight excluding hydrogens is 482 g/mol. The van der Waals surface area contributed by atoms with Crippen molar-refractivity contribution in [2.24, 2.45) is 0 Å². The molecule has 1 fully saturated rings. The highest BCUT2D eigenvalue weighted by Gasteiger charge is 2.43. The van der Waals surface area contributed by atoms with Crippen molar-refractivity contribution in [3.8, 4) is 5.75 Å². The molecule has 1 saturated heterocycles. The molecule has 1 heterocycles. The van der Waals surface area contributed by atoms with Crippen molar-refractivity contribution in [2.75, 3.05) is 23.4 Å². The minimum Gasteiger partial charge on any atom is -0.494 e. The molecule has 1 unspecified atom stereocenters. The molecule has 0 aromatic heterocycles. The number of rotatable bonds is 9. The molecule has 6 nitrogen and oxygen atoms in total. The van der Waals surface area contributed by atoms with Gasteiger partial charge in [-0.25, -0.2) is 0 Å². The Morgan fingerprint density at radius 3 is 2.40 bits per heavy atom. The Bertz CT molecular complexity index is 1200. The molecule has 1 aliphatic heterocycles. The van der Waals surface area contributed by atoms with E-state index in [-0.39, 0.29) is 18.2 Å². The molecule has 1 atom stereocenters. The summed E-state index contributed by atoms with van der Waals surface area (Å²) >= 11 is 12.1. The number of carbonyl (C=O) groups excluding carboxylic acids is 2. The topological polar surface area (TPSA) is 61.9 Å². The van der Waals surface area contributed by atoms with Gasteiger partial charge in [0.2, 0.25) is 5.91 Å². The zero-order valence-corrected chi connectivity index (χ0v) is 20.9. The van der Waals surface area contributed by atoms with Crippen molar-refractivity contribution in [2.45, 2.75) is 25.8 Å². The number of benzene rings is 3. The largest absolute Gasteiger partial charge is 0.494 e. The first-order chi connectivity index (χ1) is 17.0. The number of anilines is 2. The fraction of sp³-hybridized carbons (Fsp3) is 0.222. The maximum absolute atomic E-state index is 13.5. The predicted octanol–water partition coefficient (Wildman–Crippen LogP) is 5.31. The van der Waals surface area contributed by atoms with Crippen LogP contribution in [-0.2, 0) is 16.0 Å². The monoisotopic (exact) mass is 507 g/mol. The molecule has 8 heteroatoms. The quantitative estimate of drug-likeness (QED) is 0.397. The molecule has 0 saturated carbocycles. The van der Waals surface area contributed by atoms with Gasteiger partial charge < -0.3 is 15.0 Å². The van der Waals surface area contributed by atoms with E-state index in [0.29, 0.717) is 41.1 Å². The van der Waals surface area contributed by atoms with Crippen LogP contribution in [0, 0.1) is 0 Å². The van der Waals surface area contributed by atoms with Crippen molar-refractivity contribution in [1.29, 1.82) is 0 Å². The van der Waals surface area contributed by atoms with E-state index in [1.807, 2.05) is 66.4 Å². The first-order valence-corrected chi connectivity index (χ1v) is 12.2. The Morgan fingerprint density at radius 2 is 1.71 bits per heavy atom. The highest BCUT2D eigenvalue weighted by Crippen LogP contribution is 2.28. The number of carbonyl (C=O) groups is 2. The molecule has 180 valence electrons. The second kappa shape index (κ2) is 11.3. The second-order valence-corrected chi connectivity index (χ2v) is 8.82. The highest BCUT2D eigenvalue weighted by molar-refractivity contribution is 7.80. The van der Waals surface area contributed by atoms with E-state index in [4.69, 9.17) is 28.6 Å². The fourth-order valence-electron chi connectivity index (χ4n) is 4.03. The third-order valence-corrected chi connectivity index (χ3v) is 6.53. The van der Waals surface area contributed by atoms with Crippen molar-refractivity contribution in [1.82, 2.24) is 4.90 Å². The third kappa shape index (κ3) is 5.81. The second-order valence-electron chi connectivity index (χ2n) is 8.05. The minimum absolute atomic E-state index is 0.0297. The van der Waals surface area contributed by atoms with Gasteiger partial charge in [-0.3, -0.25) is 14.5 Å². The van der Waals surface area contributed by atoms with Gasteiger partial charge in [-0.1, -0.05) is 48.0 Å². The molecule has 0 spiro atoms.